The van der Waals surface area contributed by atoms with Crippen molar-refractivity contribution in [1.29, 1.82) is 0 Å². The van der Waals surface area contributed by atoms with Crippen molar-refractivity contribution < 1.29 is 18.8 Å². The van der Waals surface area contributed by atoms with Crippen molar-refractivity contribution in [1.82, 2.24) is 19.7 Å². The van der Waals surface area contributed by atoms with Crippen molar-refractivity contribution >= 4 is 45.5 Å². The lowest BCUT2D eigenvalue weighted by Gasteiger charge is -2.19. The fourth-order valence-corrected chi connectivity index (χ4v) is 3.93. The molecule has 1 aromatic heterocycles. The zero-order valence-corrected chi connectivity index (χ0v) is 16.4. The summed E-state index contributed by atoms with van der Waals surface area (Å²) in [5.74, 6) is 0.0813. The summed E-state index contributed by atoms with van der Waals surface area (Å²) in [5.41, 5.74) is 0.592. The van der Waals surface area contributed by atoms with Crippen molar-refractivity contribution in [2.24, 2.45) is 7.05 Å². The second kappa shape index (κ2) is 9.74. The Morgan fingerprint density at radius 3 is 2.45 bits per heavy atom. The van der Waals surface area contributed by atoms with Gasteiger partial charge in [0.15, 0.2) is 4.92 Å². The topological polar surface area (TPSA) is 97.5 Å². The van der Waals surface area contributed by atoms with Gasteiger partial charge >= 0.3 is 13.6 Å². The summed E-state index contributed by atoms with van der Waals surface area (Å²) in [7, 11) is -0.286. The Morgan fingerprint density at radius 2 is 1.95 bits per heavy atom. The van der Waals surface area contributed by atoms with Crippen molar-refractivity contribution in [3.8, 4) is 0 Å². The van der Waals surface area contributed by atoms with Crippen LogP contribution in [0.15, 0.2) is 6.20 Å². The van der Waals surface area contributed by atoms with Gasteiger partial charge in [0.25, 0.3) is 0 Å². The van der Waals surface area contributed by atoms with E-state index in [9.17, 15) is 9.47 Å². The number of alkyl halides is 2. The van der Waals surface area contributed by atoms with E-state index < -0.39 is 7.67 Å². The largest absolute Gasteiger partial charge is 0.476 e. The first-order valence-corrected chi connectivity index (χ1v) is 10.2. The molecule has 9 nitrogen and oxygen atoms in total. The van der Waals surface area contributed by atoms with Gasteiger partial charge in [0.2, 0.25) is 0 Å². The molecule has 0 unspecified atom stereocenters. The summed E-state index contributed by atoms with van der Waals surface area (Å²) in [6.07, 6.45) is 1.47. The normalized spacial score (nSPS) is 11.6. The minimum Gasteiger partial charge on any atom is -0.326 e. The highest BCUT2D eigenvalue weighted by Crippen LogP contribution is 2.38. The summed E-state index contributed by atoms with van der Waals surface area (Å²) in [4.78, 5) is 20.2. The molecule has 1 rings (SSSR count). The van der Waals surface area contributed by atoms with Crippen LogP contribution in [0, 0.1) is 4.91 Å². The van der Waals surface area contributed by atoms with E-state index in [-0.39, 0.29) is 17.5 Å². The third-order valence-electron chi connectivity index (χ3n) is 2.61. The molecule has 12 heteroatoms. The highest BCUT2D eigenvalue weighted by atomic mass is 79.9. The van der Waals surface area contributed by atoms with Crippen molar-refractivity contribution in [3.05, 3.63) is 16.8 Å². The van der Waals surface area contributed by atoms with Gasteiger partial charge in [-0.1, -0.05) is 41.8 Å². The number of imidazole rings is 1. The average molecular weight is 464 g/mol. The van der Waals surface area contributed by atoms with Gasteiger partial charge < -0.3 is 4.84 Å². The van der Waals surface area contributed by atoms with E-state index in [1.807, 2.05) is 0 Å². The Hall–Kier alpha value is -0.320. The lowest BCUT2D eigenvalue weighted by atomic mass is 10.5. The smallest absolute Gasteiger partial charge is 0.326 e. The van der Waals surface area contributed by atoms with Gasteiger partial charge in [-0.05, 0) is 0 Å². The van der Waals surface area contributed by atoms with Crippen LogP contribution in [0.2, 0.25) is 0 Å². The Labute approximate surface area is 145 Å². The quantitative estimate of drug-likeness (QED) is 0.294. The molecule has 1 heterocycles. The fraction of sp³-hybridized carbons (Fsp3) is 0.700. The third-order valence-corrected chi connectivity index (χ3v) is 5.18. The van der Waals surface area contributed by atoms with E-state index in [0.717, 1.165) is 0 Å². The van der Waals surface area contributed by atoms with E-state index >= 15 is 0 Å². The molecular formula is C10H19Br2N5O4P+. The molecule has 0 saturated heterocycles. The third kappa shape index (κ3) is 5.71. The molecule has 0 amide bonds. The predicted octanol–water partition coefficient (Wildman–Crippen LogP) is 1.99. The molecule has 0 fully saturated rings. The van der Waals surface area contributed by atoms with E-state index in [1.165, 1.54) is 17.9 Å². The van der Waals surface area contributed by atoms with Gasteiger partial charge in [-0.3, -0.25) is 9.09 Å². The van der Waals surface area contributed by atoms with Crippen LogP contribution in [0.5, 0.6) is 0 Å². The SMILES string of the molecule is CO[N+](=O)c1ncc(COP(=O)(NCCBr)NCCBr)n1C. The first-order valence-electron chi connectivity index (χ1n) is 6.36. The zero-order valence-electron chi connectivity index (χ0n) is 12.3. The lowest BCUT2D eigenvalue weighted by Crippen LogP contribution is -2.27. The maximum atomic E-state index is 12.6. The monoisotopic (exact) mass is 462 g/mol. The van der Waals surface area contributed by atoms with E-state index in [4.69, 9.17) is 4.52 Å². The number of rotatable bonds is 11. The number of nitrogens with one attached hydrogen (secondary N) is 2. The number of aromatic nitrogens is 2. The van der Waals surface area contributed by atoms with Gasteiger partial charge in [0.05, 0.1) is 7.05 Å². The maximum absolute atomic E-state index is 12.6. The number of nitrogens with zero attached hydrogens (tertiary/aromatic N) is 3. The minimum atomic E-state index is -3.18. The molecule has 0 radical (unpaired) electrons. The van der Waals surface area contributed by atoms with Gasteiger partial charge in [-0.25, -0.2) is 14.7 Å². The number of hydrogen-bond acceptors (Lipinski definition) is 5. The first kappa shape index (κ1) is 19.7. The average Bonchev–Trinajstić information content (AvgIpc) is 2.89. The van der Waals surface area contributed by atoms with Crippen molar-refractivity contribution in [2.75, 3.05) is 30.9 Å². The van der Waals surface area contributed by atoms with Crippen LogP contribution in [0.4, 0.5) is 5.95 Å². The number of halogens is 2. The second-order valence-corrected chi connectivity index (χ2v) is 7.65. The summed E-state index contributed by atoms with van der Waals surface area (Å²) >= 11 is 6.52. The Balaban J connectivity index is 2.74. The fourth-order valence-electron chi connectivity index (χ4n) is 1.50. The predicted molar refractivity (Wildman–Crippen MR) is 89.5 cm³/mol. The molecule has 126 valence electrons. The summed E-state index contributed by atoms with van der Waals surface area (Å²) in [6.45, 7) is 1.01. The van der Waals surface area contributed by atoms with Gasteiger partial charge in [-0.15, -0.1) is 0 Å². The second-order valence-electron chi connectivity index (χ2n) is 4.07. The molecule has 2 N–H and O–H groups in total. The van der Waals surface area contributed by atoms with E-state index in [0.29, 0.717) is 29.4 Å². The Bertz CT molecular complexity index is 529. The molecule has 0 spiro atoms. The number of hydrogen-bond donors (Lipinski definition) is 2. The van der Waals surface area contributed by atoms with Gasteiger partial charge in [-0.2, -0.15) is 0 Å². The molecule has 0 saturated carbocycles. The molecule has 22 heavy (non-hydrogen) atoms. The Kier molecular flexibility index (Phi) is 8.73. The summed E-state index contributed by atoms with van der Waals surface area (Å²) in [5, 5.41) is 6.97. The van der Waals surface area contributed by atoms with E-state index in [2.05, 4.69) is 51.9 Å². The molecule has 1 aromatic rings. The van der Waals surface area contributed by atoms with E-state index in [1.54, 1.807) is 7.05 Å². The highest BCUT2D eigenvalue weighted by molar-refractivity contribution is 9.09. The lowest BCUT2D eigenvalue weighted by molar-refractivity contribution is -0.742. The highest BCUT2D eigenvalue weighted by Gasteiger charge is 2.26. The van der Waals surface area contributed by atoms with Crippen LogP contribution >= 0.6 is 39.5 Å². The molecule has 0 atom stereocenters. The first-order chi connectivity index (χ1) is 10.5. The van der Waals surface area contributed by atoms with Gasteiger partial charge in [0, 0.05) is 23.7 Å². The zero-order chi connectivity index (χ0) is 16.6. The molecule has 0 aliphatic carbocycles. The van der Waals surface area contributed by atoms with Crippen molar-refractivity contribution in [3.63, 3.8) is 0 Å². The minimum absolute atomic E-state index is 0.0307. The van der Waals surface area contributed by atoms with Crippen LogP contribution in [-0.4, -0.2) is 45.3 Å². The molecule has 0 bridgehead atoms. The Morgan fingerprint density at radius 1 is 1.36 bits per heavy atom. The van der Waals surface area contributed by atoms with Gasteiger partial charge in [0.1, 0.15) is 25.6 Å². The molecule has 0 aliphatic rings. The van der Waals surface area contributed by atoms with Crippen molar-refractivity contribution in [2.45, 2.75) is 6.61 Å². The van der Waals surface area contributed by atoms with Crippen LogP contribution < -0.4 is 10.2 Å². The van der Waals surface area contributed by atoms with Crippen LogP contribution in [0.3, 0.4) is 0 Å². The van der Waals surface area contributed by atoms with Crippen LogP contribution in [-0.2, 0) is 27.6 Å². The van der Waals surface area contributed by atoms with Crippen LogP contribution in [0.25, 0.3) is 0 Å². The molecule has 0 aromatic carbocycles. The van der Waals surface area contributed by atoms with Crippen LogP contribution in [0.1, 0.15) is 5.69 Å². The standard InChI is InChI=1S/C10H19Br2N5O4P/c1-16-9(7-13-10(16)17(18)20-2)8-21-22(19,14-5-3-11)15-6-4-12/h7H,3-6,8H2,1-2H3,(H2,14,15,19)/q+1. The molecule has 0 aliphatic heterocycles. The molecular weight excluding hydrogens is 445 g/mol. The maximum Gasteiger partial charge on any atom is 0.476 e. The summed E-state index contributed by atoms with van der Waals surface area (Å²) < 4.78 is 19.6. The summed E-state index contributed by atoms with van der Waals surface area (Å²) in [6, 6.07) is 0.